The summed E-state index contributed by atoms with van der Waals surface area (Å²) in [5.74, 6) is -2.17. The van der Waals surface area contributed by atoms with E-state index in [9.17, 15) is 18.0 Å². The first kappa shape index (κ1) is 16.4. The van der Waals surface area contributed by atoms with E-state index in [-0.39, 0.29) is 12.4 Å². The number of ether oxygens (including phenoxy) is 1. The number of ketones is 1. The molecular formula is C14H18O5S. The van der Waals surface area contributed by atoms with Gasteiger partial charge in [0.2, 0.25) is 0 Å². The number of hydrogen-bond acceptors (Lipinski definition) is 5. The van der Waals surface area contributed by atoms with Crippen molar-refractivity contribution >= 4 is 21.6 Å². The zero-order valence-electron chi connectivity index (χ0n) is 11.6. The van der Waals surface area contributed by atoms with E-state index in [1.54, 1.807) is 19.1 Å². The van der Waals surface area contributed by atoms with Crippen molar-refractivity contribution in [3.8, 4) is 0 Å². The van der Waals surface area contributed by atoms with E-state index in [0.29, 0.717) is 5.56 Å². The van der Waals surface area contributed by atoms with E-state index < -0.39 is 33.8 Å². The lowest BCUT2D eigenvalue weighted by molar-refractivity contribution is -0.145. The summed E-state index contributed by atoms with van der Waals surface area (Å²) in [5, 5.41) is 0. The molecule has 0 heterocycles. The Morgan fingerprint density at radius 2 is 1.85 bits per heavy atom. The molecule has 0 spiro atoms. The lowest BCUT2D eigenvalue weighted by atomic mass is 10.1. The molecule has 20 heavy (non-hydrogen) atoms. The first-order valence-corrected chi connectivity index (χ1v) is 8.08. The Balaban J connectivity index is 2.64. The Morgan fingerprint density at radius 1 is 1.20 bits per heavy atom. The normalized spacial score (nSPS) is 11.1. The summed E-state index contributed by atoms with van der Waals surface area (Å²) >= 11 is 0. The maximum Gasteiger partial charge on any atom is 0.313 e. The highest BCUT2D eigenvalue weighted by Gasteiger charge is 2.20. The highest BCUT2D eigenvalue weighted by Crippen LogP contribution is 2.12. The number of benzene rings is 1. The van der Waals surface area contributed by atoms with Gasteiger partial charge in [0.1, 0.15) is 12.2 Å². The second kappa shape index (κ2) is 7.19. The minimum absolute atomic E-state index is 0.169. The third-order valence-corrected chi connectivity index (χ3v) is 4.18. The topological polar surface area (TPSA) is 77.5 Å². The maximum atomic E-state index is 11.9. The number of esters is 1. The lowest BCUT2D eigenvalue weighted by Crippen LogP contribution is -2.21. The number of carbonyl (C=O) groups excluding carboxylic acids is 2. The molecule has 0 saturated carbocycles. The van der Waals surface area contributed by atoms with E-state index >= 15 is 0 Å². The van der Waals surface area contributed by atoms with Crippen LogP contribution >= 0.6 is 0 Å². The van der Waals surface area contributed by atoms with Gasteiger partial charge >= 0.3 is 5.97 Å². The van der Waals surface area contributed by atoms with Crippen molar-refractivity contribution in [2.24, 2.45) is 0 Å². The molecule has 6 heteroatoms. The van der Waals surface area contributed by atoms with Crippen LogP contribution in [0.4, 0.5) is 0 Å². The fourth-order valence-electron chi connectivity index (χ4n) is 1.73. The minimum atomic E-state index is -3.57. The van der Waals surface area contributed by atoms with Gasteiger partial charge in [-0.1, -0.05) is 24.3 Å². The van der Waals surface area contributed by atoms with Gasteiger partial charge in [-0.05, 0) is 25.0 Å². The third kappa shape index (κ3) is 5.52. The van der Waals surface area contributed by atoms with Crippen LogP contribution in [0.15, 0.2) is 24.3 Å². The number of aryl methyl sites for hydroxylation is 1. The summed E-state index contributed by atoms with van der Waals surface area (Å²) in [4.78, 5) is 22.7. The molecule has 0 unspecified atom stereocenters. The van der Waals surface area contributed by atoms with Crippen molar-refractivity contribution in [3.05, 3.63) is 35.4 Å². The maximum absolute atomic E-state index is 11.9. The van der Waals surface area contributed by atoms with Crippen molar-refractivity contribution in [2.75, 3.05) is 12.4 Å². The average molecular weight is 298 g/mol. The molecular weight excluding hydrogens is 280 g/mol. The van der Waals surface area contributed by atoms with Crippen LogP contribution in [0.5, 0.6) is 0 Å². The highest BCUT2D eigenvalue weighted by molar-refractivity contribution is 7.91. The van der Waals surface area contributed by atoms with Gasteiger partial charge in [0.05, 0.1) is 12.4 Å². The first-order valence-electron chi connectivity index (χ1n) is 6.26. The number of hydrogen-bond donors (Lipinski definition) is 0. The molecule has 1 rings (SSSR count). The van der Waals surface area contributed by atoms with Gasteiger partial charge in [-0.15, -0.1) is 0 Å². The zero-order chi connectivity index (χ0) is 15.2. The molecule has 110 valence electrons. The quantitative estimate of drug-likeness (QED) is 0.562. The SMILES string of the molecule is CCOC(=O)CC(=O)CS(=O)(=O)Cc1ccccc1C. The van der Waals surface area contributed by atoms with Gasteiger partial charge < -0.3 is 4.74 Å². The largest absolute Gasteiger partial charge is 0.466 e. The summed E-state index contributed by atoms with van der Waals surface area (Å²) in [5.41, 5.74) is 1.52. The fraction of sp³-hybridized carbons (Fsp3) is 0.429. The standard InChI is InChI=1S/C14H18O5S/c1-3-19-14(16)8-13(15)10-20(17,18)9-12-7-5-4-6-11(12)2/h4-7H,3,8-10H2,1-2H3. The van der Waals surface area contributed by atoms with Crippen LogP contribution in [0.2, 0.25) is 0 Å². The molecule has 0 aromatic heterocycles. The third-order valence-electron chi connectivity index (χ3n) is 2.66. The monoisotopic (exact) mass is 298 g/mol. The number of sulfone groups is 1. The van der Waals surface area contributed by atoms with Crippen LogP contribution in [0.25, 0.3) is 0 Å². The Kier molecular flexibility index (Phi) is 5.88. The molecule has 0 aliphatic heterocycles. The van der Waals surface area contributed by atoms with Gasteiger partial charge in [0.15, 0.2) is 15.6 Å². The van der Waals surface area contributed by atoms with Crippen LogP contribution in [0.1, 0.15) is 24.5 Å². The van der Waals surface area contributed by atoms with Crippen molar-refractivity contribution in [2.45, 2.75) is 26.0 Å². The van der Waals surface area contributed by atoms with Crippen LogP contribution in [-0.2, 0) is 29.9 Å². The lowest BCUT2D eigenvalue weighted by Gasteiger charge is -2.06. The molecule has 0 fully saturated rings. The highest BCUT2D eigenvalue weighted by atomic mass is 32.2. The summed E-state index contributed by atoms with van der Waals surface area (Å²) in [6.45, 7) is 3.60. The van der Waals surface area contributed by atoms with E-state index in [0.717, 1.165) is 5.56 Å². The van der Waals surface area contributed by atoms with Crippen LogP contribution < -0.4 is 0 Å². The Morgan fingerprint density at radius 3 is 2.45 bits per heavy atom. The molecule has 0 aliphatic carbocycles. The van der Waals surface area contributed by atoms with Crippen molar-refractivity contribution < 1.29 is 22.7 Å². The van der Waals surface area contributed by atoms with Gasteiger partial charge in [-0.3, -0.25) is 9.59 Å². The Hall–Kier alpha value is -1.69. The predicted octanol–water partition coefficient (Wildman–Crippen LogP) is 1.43. The van der Waals surface area contributed by atoms with Crippen molar-refractivity contribution in [1.82, 2.24) is 0 Å². The minimum Gasteiger partial charge on any atom is -0.466 e. The number of carbonyl (C=O) groups is 2. The van der Waals surface area contributed by atoms with E-state index in [4.69, 9.17) is 0 Å². The molecule has 1 aromatic carbocycles. The molecule has 0 aliphatic rings. The second-order valence-corrected chi connectivity index (χ2v) is 6.54. The van der Waals surface area contributed by atoms with Crippen molar-refractivity contribution in [1.29, 1.82) is 0 Å². The average Bonchev–Trinajstić information content (AvgIpc) is 2.31. The summed E-state index contributed by atoms with van der Waals surface area (Å²) in [6, 6.07) is 7.09. The predicted molar refractivity (Wildman–Crippen MR) is 74.9 cm³/mol. The van der Waals surface area contributed by atoms with Gasteiger partial charge in [-0.2, -0.15) is 0 Å². The van der Waals surface area contributed by atoms with Crippen molar-refractivity contribution in [3.63, 3.8) is 0 Å². The number of Topliss-reactive ketones (excluding diaryl/α,β-unsaturated/α-hetero) is 1. The fourth-order valence-corrected chi connectivity index (χ4v) is 3.22. The van der Waals surface area contributed by atoms with E-state index in [1.165, 1.54) is 0 Å². The van der Waals surface area contributed by atoms with Gasteiger partial charge in [0, 0.05) is 0 Å². The van der Waals surface area contributed by atoms with Gasteiger partial charge in [0.25, 0.3) is 0 Å². The zero-order valence-corrected chi connectivity index (χ0v) is 12.4. The van der Waals surface area contributed by atoms with Crippen LogP contribution in [0, 0.1) is 6.92 Å². The molecule has 0 bridgehead atoms. The molecule has 0 atom stereocenters. The number of rotatable bonds is 7. The smallest absolute Gasteiger partial charge is 0.313 e. The summed E-state index contributed by atoms with van der Waals surface area (Å²) < 4.78 is 28.5. The first-order chi connectivity index (χ1) is 9.34. The second-order valence-electron chi connectivity index (χ2n) is 4.48. The Labute approximate surface area is 118 Å². The van der Waals surface area contributed by atoms with Crippen LogP contribution in [-0.4, -0.2) is 32.5 Å². The molecule has 0 amide bonds. The molecule has 0 radical (unpaired) electrons. The Bertz CT molecular complexity index is 589. The molecule has 1 aromatic rings. The summed E-state index contributed by atoms with van der Waals surface area (Å²) in [7, 11) is -3.57. The van der Waals surface area contributed by atoms with E-state index in [2.05, 4.69) is 4.74 Å². The molecule has 5 nitrogen and oxygen atoms in total. The molecule has 0 N–H and O–H groups in total. The van der Waals surface area contributed by atoms with Crippen LogP contribution in [0.3, 0.4) is 0 Å². The van der Waals surface area contributed by atoms with E-state index in [1.807, 2.05) is 19.1 Å². The molecule has 0 saturated heterocycles. The van der Waals surface area contributed by atoms with Gasteiger partial charge in [-0.25, -0.2) is 8.42 Å². The summed E-state index contributed by atoms with van der Waals surface area (Å²) in [6.07, 6.45) is -0.499.